The third-order valence-electron chi connectivity index (χ3n) is 13.1. The van der Waals surface area contributed by atoms with Crippen molar-refractivity contribution in [3.63, 3.8) is 0 Å². The second-order valence-electron chi connectivity index (χ2n) is 18.1. The van der Waals surface area contributed by atoms with Gasteiger partial charge in [-0.2, -0.15) is 0 Å². The third-order valence-corrected chi connectivity index (χ3v) is 17.6. The summed E-state index contributed by atoms with van der Waals surface area (Å²) in [5, 5.41) is 25.5. The molecule has 0 saturated carbocycles. The lowest BCUT2D eigenvalue weighted by molar-refractivity contribution is 0.0838. The standard InChI is InChI=1S/C48H56N6O6Si/c1-48(2,3)61(4,5)60-43(36-16-19-42(55)45-37(36)17-20-44(56)51-45)29-49-28-32-14-18-39-38(26-32)50-46(57)53(39)23-9-10-31-13-15-35(33-11-7-6-8-12-33)40(27-31)54(47(58)59)41-30-52-24-21-34(41)22-25-52/h6-20,26-27,34,41,43,49,55H,21-25,28-30H2,1-5H3,(H,50,57)(H,51,56)(H,58,59)/b10-9+/t41-,43+/m0/s1. The Balaban J connectivity index is 1.00. The fraction of sp³-hybridized carbons (Fsp3) is 0.354. The molecule has 12 nitrogen and oxygen atoms in total. The third kappa shape index (κ3) is 8.74. The highest BCUT2D eigenvalue weighted by Gasteiger charge is 2.41. The molecule has 9 rings (SSSR count). The van der Waals surface area contributed by atoms with E-state index in [0.29, 0.717) is 36.8 Å². The Hall–Kier alpha value is -5.73. The Morgan fingerprint density at radius 1 is 0.984 bits per heavy atom. The van der Waals surface area contributed by atoms with E-state index in [1.54, 1.807) is 21.6 Å². The van der Waals surface area contributed by atoms with Gasteiger partial charge in [-0.15, -0.1) is 0 Å². The molecule has 5 heterocycles. The van der Waals surface area contributed by atoms with Gasteiger partial charge in [0.25, 0.3) is 0 Å². The van der Waals surface area contributed by atoms with E-state index in [9.17, 15) is 24.6 Å². The number of hydrogen-bond donors (Lipinski definition) is 5. The van der Waals surface area contributed by atoms with Gasteiger partial charge >= 0.3 is 11.8 Å². The zero-order valence-corrected chi connectivity index (χ0v) is 36.6. The summed E-state index contributed by atoms with van der Waals surface area (Å²) in [4.78, 5) is 48.3. The number of phenolic OH excluding ortho intramolecular Hbond substituents is 1. The van der Waals surface area contributed by atoms with Crippen LogP contribution < -0.4 is 21.5 Å². The number of imidazole rings is 1. The number of aromatic nitrogens is 3. The van der Waals surface area contributed by atoms with Crippen LogP contribution in [0.4, 0.5) is 10.5 Å². The van der Waals surface area contributed by atoms with E-state index < -0.39 is 14.4 Å². The van der Waals surface area contributed by atoms with Crippen LogP contribution in [0.2, 0.25) is 18.1 Å². The van der Waals surface area contributed by atoms with Crippen LogP contribution in [0.15, 0.2) is 107 Å². The highest BCUT2D eigenvalue weighted by Crippen LogP contribution is 2.42. The number of H-pyrrole nitrogens is 2. The van der Waals surface area contributed by atoms with Crippen molar-refractivity contribution in [1.29, 1.82) is 0 Å². The van der Waals surface area contributed by atoms with Gasteiger partial charge in [-0.05, 0) is 103 Å². The number of hydrogen-bond acceptors (Lipinski definition) is 7. The van der Waals surface area contributed by atoms with Crippen molar-refractivity contribution < 1.29 is 19.4 Å². The number of aromatic amines is 2. The van der Waals surface area contributed by atoms with Crippen LogP contribution in [0.3, 0.4) is 0 Å². The van der Waals surface area contributed by atoms with Crippen LogP contribution in [0.25, 0.3) is 39.1 Å². The maximum absolute atomic E-state index is 13.3. The molecule has 3 saturated heterocycles. The summed E-state index contributed by atoms with van der Waals surface area (Å²) in [5.41, 5.74) is 6.62. The molecule has 0 radical (unpaired) electrons. The van der Waals surface area contributed by atoms with Crippen molar-refractivity contribution in [3.05, 3.63) is 135 Å². The molecule has 13 heteroatoms. The van der Waals surface area contributed by atoms with Gasteiger partial charge in [0.1, 0.15) is 5.75 Å². The number of rotatable bonds is 13. The van der Waals surface area contributed by atoms with Gasteiger partial charge in [0.2, 0.25) is 5.56 Å². The van der Waals surface area contributed by atoms with Crippen LogP contribution in [-0.2, 0) is 17.5 Å². The number of pyridine rings is 1. The molecule has 1 amide bonds. The molecule has 2 atom stereocenters. The normalized spacial score (nSPS) is 18.6. The lowest BCUT2D eigenvalue weighted by Gasteiger charge is -2.48. The Labute approximate surface area is 356 Å². The topological polar surface area (TPSA) is 156 Å². The van der Waals surface area contributed by atoms with Crippen LogP contribution >= 0.6 is 0 Å². The highest BCUT2D eigenvalue weighted by atomic mass is 28.4. The molecule has 2 aromatic heterocycles. The molecule has 0 unspecified atom stereocenters. The van der Waals surface area contributed by atoms with E-state index in [4.69, 9.17) is 4.43 Å². The number of amides is 1. The average Bonchev–Trinajstić information content (AvgIpc) is 3.54. The summed E-state index contributed by atoms with van der Waals surface area (Å²) in [6, 6.07) is 28.4. The molecule has 318 valence electrons. The number of fused-ring (bicyclic) bond motifs is 5. The van der Waals surface area contributed by atoms with Gasteiger partial charge in [-0.25, -0.2) is 9.59 Å². The smallest absolute Gasteiger partial charge is 0.412 e. The summed E-state index contributed by atoms with van der Waals surface area (Å²) in [6.07, 6.45) is 4.60. The number of nitrogens with zero attached hydrogens (tertiary/aromatic N) is 3. The first kappa shape index (κ1) is 42.0. The molecule has 6 aromatic rings. The highest BCUT2D eigenvalue weighted by molar-refractivity contribution is 6.74. The van der Waals surface area contributed by atoms with Crippen molar-refractivity contribution in [2.75, 3.05) is 31.1 Å². The average molecular weight is 841 g/mol. The van der Waals surface area contributed by atoms with E-state index in [0.717, 1.165) is 76.7 Å². The van der Waals surface area contributed by atoms with Crippen molar-refractivity contribution in [3.8, 4) is 16.9 Å². The molecule has 0 spiro atoms. The van der Waals surface area contributed by atoms with E-state index in [1.165, 1.54) is 6.07 Å². The number of allylic oxidation sites excluding steroid dienone is 1. The van der Waals surface area contributed by atoms with Crippen LogP contribution in [0.1, 0.15) is 56.4 Å². The van der Waals surface area contributed by atoms with Crippen LogP contribution in [-0.4, -0.2) is 76.3 Å². The van der Waals surface area contributed by atoms with Gasteiger partial charge in [0.05, 0.1) is 34.4 Å². The first-order chi connectivity index (χ1) is 29.2. The van der Waals surface area contributed by atoms with Gasteiger partial charge in [-0.1, -0.05) is 87.5 Å². The number of aromatic hydroxyl groups is 1. The zero-order valence-electron chi connectivity index (χ0n) is 35.6. The number of phenols is 1. The molecule has 3 fully saturated rings. The molecule has 0 aliphatic carbocycles. The number of carbonyl (C=O) groups is 1. The maximum atomic E-state index is 13.3. The quantitative estimate of drug-likeness (QED) is 0.0724. The molecule has 2 bridgehead atoms. The fourth-order valence-electron chi connectivity index (χ4n) is 8.79. The van der Waals surface area contributed by atoms with Gasteiger partial charge in [0.15, 0.2) is 8.32 Å². The second kappa shape index (κ2) is 17.0. The van der Waals surface area contributed by atoms with Crippen LogP contribution in [0.5, 0.6) is 5.75 Å². The SMILES string of the molecule is CC(C)(C)[Si](C)(C)O[C@H](CNCc1ccc2c(c1)[nH]c(=O)n2C/C=C/c1ccc(-c2ccccc2)c(N(C(=O)O)[C@H]2CN3CCC2CC3)c1)c1ccc(O)c2[nH]c(=O)ccc12. The van der Waals surface area contributed by atoms with E-state index in [1.807, 2.05) is 84.9 Å². The molecule has 5 N–H and O–H groups in total. The molecular formula is C48H56N6O6Si. The number of anilines is 1. The van der Waals surface area contributed by atoms with Crippen LogP contribution in [0, 0.1) is 5.92 Å². The predicted octanol–water partition coefficient (Wildman–Crippen LogP) is 8.69. The summed E-state index contributed by atoms with van der Waals surface area (Å²) in [6.45, 7) is 15.1. The first-order valence-electron chi connectivity index (χ1n) is 21.2. The Kier molecular flexibility index (Phi) is 11.7. The minimum absolute atomic E-state index is 0.00813. The minimum Gasteiger partial charge on any atom is -0.506 e. The first-order valence-corrected chi connectivity index (χ1v) is 24.1. The lowest BCUT2D eigenvalue weighted by Crippen LogP contribution is -2.59. The monoisotopic (exact) mass is 840 g/mol. The number of carboxylic acid groups (broad SMARTS) is 1. The molecule has 3 aliphatic heterocycles. The van der Waals surface area contributed by atoms with Crippen molar-refractivity contribution in [2.45, 2.75) is 77.0 Å². The van der Waals surface area contributed by atoms with Gasteiger partial charge in [-0.3, -0.25) is 14.3 Å². The van der Waals surface area contributed by atoms with E-state index in [-0.39, 0.29) is 34.2 Å². The largest absolute Gasteiger partial charge is 0.506 e. The summed E-state index contributed by atoms with van der Waals surface area (Å²) < 4.78 is 8.67. The fourth-order valence-corrected chi connectivity index (χ4v) is 10.1. The Morgan fingerprint density at radius 2 is 1.75 bits per heavy atom. The molecular weight excluding hydrogens is 785 g/mol. The van der Waals surface area contributed by atoms with E-state index in [2.05, 4.69) is 54.0 Å². The van der Waals surface area contributed by atoms with E-state index >= 15 is 0 Å². The lowest BCUT2D eigenvalue weighted by atomic mass is 9.82. The molecule has 4 aromatic carbocycles. The minimum atomic E-state index is -2.25. The summed E-state index contributed by atoms with van der Waals surface area (Å²) in [5.74, 6) is 0.334. The Morgan fingerprint density at radius 3 is 2.46 bits per heavy atom. The maximum Gasteiger partial charge on any atom is 0.412 e. The molecule has 61 heavy (non-hydrogen) atoms. The number of nitrogens with one attached hydrogen (secondary N) is 3. The van der Waals surface area contributed by atoms with Gasteiger partial charge in [0, 0.05) is 43.2 Å². The second-order valence-corrected chi connectivity index (χ2v) is 22.8. The number of benzene rings is 4. The summed E-state index contributed by atoms with van der Waals surface area (Å²) in [7, 11) is -2.25. The summed E-state index contributed by atoms with van der Waals surface area (Å²) >= 11 is 0. The molecule has 3 aliphatic rings. The van der Waals surface area contributed by atoms with Gasteiger partial charge < -0.3 is 34.8 Å². The Bertz CT molecular complexity index is 2710. The van der Waals surface area contributed by atoms with Crippen molar-refractivity contribution in [2.24, 2.45) is 5.92 Å². The van der Waals surface area contributed by atoms with Crippen molar-refractivity contribution >= 4 is 48.1 Å². The number of piperidine rings is 3. The van der Waals surface area contributed by atoms with Crippen molar-refractivity contribution in [1.82, 2.24) is 24.8 Å². The zero-order chi connectivity index (χ0) is 43.1. The predicted molar refractivity (Wildman–Crippen MR) is 246 cm³/mol.